The number of nitrogens with one attached hydrogen (secondary N) is 1. The van der Waals surface area contributed by atoms with Crippen molar-refractivity contribution < 1.29 is 4.42 Å². The zero-order valence-electron chi connectivity index (χ0n) is 11.7. The Labute approximate surface area is 117 Å². The second kappa shape index (κ2) is 5.46. The maximum absolute atomic E-state index is 5.55. The van der Waals surface area contributed by atoms with Gasteiger partial charge in [0.1, 0.15) is 11.3 Å². The molecule has 3 rings (SSSR count). The quantitative estimate of drug-likeness (QED) is 0.774. The van der Waals surface area contributed by atoms with Crippen molar-refractivity contribution in [3.63, 3.8) is 0 Å². The van der Waals surface area contributed by atoms with E-state index < -0.39 is 0 Å². The Morgan fingerprint density at radius 3 is 2.95 bits per heavy atom. The highest BCUT2D eigenvalue weighted by atomic mass is 16.3. The Hall–Kier alpha value is -2.14. The fraction of sp³-hybridized carbons (Fsp3) is 0.333. The summed E-state index contributed by atoms with van der Waals surface area (Å²) in [6.07, 6.45) is 1.73. The number of benzene rings is 1. The number of aromatic nitrogens is 3. The molecule has 0 saturated carbocycles. The van der Waals surface area contributed by atoms with E-state index >= 15 is 0 Å². The van der Waals surface area contributed by atoms with Crippen molar-refractivity contribution in [3.05, 3.63) is 47.9 Å². The minimum absolute atomic E-state index is 0.431. The zero-order chi connectivity index (χ0) is 13.9. The first-order valence-corrected chi connectivity index (χ1v) is 6.81. The fourth-order valence-electron chi connectivity index (χ4n) is 2.16. The maximum atomic E-state index is 5.55. The van der Waals surface area contributed by atoms with Gasteiger partial charge in [0.2, 0.25) is 0 Å². The Balaban J connectivity index is 1.83. The number of furan rings is 1. The molecule has 20 heavy (non-hydrogen) atoms. The second-order valence-electron chi connectivity index (χ2n) is 5.14. The summed E-state index contributed by atoms with van der Waals surface area (Å²) in [5.74, 6) is 0.957. The summed E-state index contributed by atoms with van der Waals surface area (Å²) in [6, 6.07) is 10.4. The molecule has 0 aliphatic carbocycles. The largest absolute Gasteiger partial charge is 0.468 e. The molecule has 0 saturated heterocycles. The molecule has 0 aliphatic rings. The first-order valence-electron chi connectivity index (χ1n) is 6.81. The highest BCUT2D eigenvalue weighted by molar-refractivity contribution is 5.73. The summed E-state index contributed by atoms with van der Waals surface area (Å²) >= 11 is 0. The van der Waals surface area contributed by atoms with Crippen LogP contribution in [-0.2, 0) is 13.1 Å². The molecule has 0 unspecified atom stereocenters. The van der Waals surface area contributed by atoms with Crippen LogP contribution in [0, 0.1) is 0 Å². The Morgan fingerprint density at radius 2 is 2.10 bits per heavy atom. The van der Waals surface area contributed by atoms with Gasteiger partial charge in [-0.3, -0.25) is 0 Å². The summed E-state index contributed by atoms with van der Waals surface area (Å²) in [4.78, 5) is 0. The monoisotopic (exact) mass is 270 g/mol. The molecule has 0 atom stereocenters. The minimum Gasteiger partial charge on any atom is -0.468 e. The Kier molecular flexibility index (Phi) is 3.52. The Morgan fingerprint density at radius 1 is 1.25 bits per heavy atom. The van der Waals surface area contributed by atoms with Gasteiger partial charge < -0.3 is 9.73 Å². The predicted octanol–water partition coefficient (Wildman–Crippen LogP) is 2.57. The third kappa shape index (κ3) is 2.58. The molecule has 0 radical (unpaired) electrons. The molecule has 0 amide bonds. The molecule has 2 aromatic heterocycles. The smallest absolute Gasteiger partial charge is 0.122 e. The van der Waals surface area contributed by atoms with E-state index in [1.165, 1.54) is 0 Å². The van der Waals surface area contributed by atoms with Gasteiger partial charge in [-0.2, -0.15) is 0 Å². The summed E-state index contributed by atoms with van der Waals surface area (Å²) in [6.45, 7) is 5.64. The van der Waals surface area contributed by atoms with Crippen LogP contribution in [0.5, 0.6) is 0 Å². The Bertz CT molecular complexity index is 699. The topological polar surface area (TPSA) is 55.9 Å². The molecule has 2 heterocycles. The molecule has 0 bridgehead atoms. The van der Waals surface area contributed by atoms with Gasteiger partial charge in [0.05, 0.1) is 24.9 Å². The number of hydrogen-bond donors (Lipinski definition) is 1. The van der Waals surface area contributed by atoms with E-state index in [9.17, 15) is 0 Å². The van der Waals surface area contributed by atoms with Crippen LogP contribution in [0.3, 0.4) is 0 Å². The SMILES string of the molecule is CC(C)NCc1occc1Cn1nnc2ccccc21. The van der Waals surface area contributed by atoms with Crippen LogP contribution in [-0.4, -0.2) is 21.0 Å². The minimum atomic E-state index is 0.431. The number of para-hydroxylation sites is 1. The van der Waals surface area contributed by atoms with Gasteiger partial charge in [0.25, 0.3) is 0 Å². The number of hydrogen-bond acceptors (Lipinski definition) is 4. The van der Waals surface area contributed by atoms with Crippen molar-refractivity contribution in [2.75, 3.05) is 0 Å². The normalized spacial score (nSPS) is 11.6. The highest BCUT2D eigenvalue weighted by Crippen LogP contribution is 2.16. The van der Waals surface area contributed by atoms with E-state index in [0.717, 1.165) is 28.9 Å². The van der Waals surface area contributed by atoms with Gasteiger partial charge in [0.15, 0.2) is 0 Å². The van der Waals surface area contributed by atoms with Crippen molar-refractivity contribution in [3.8, 4) is 0 Å². The molecule has 0 spiro atoms. The summed E-state index contributed by atoms with van der Waals surface area (Å²) in [5.41, 5.74) is 3.09. The average molecular weight is 270 g/mol. The number of nitrogens with zero attached hydrogens (tertiary/aromatic N) is 3. The lowest BCUT2D eigenvalue weighted by atomic mass is 10.2. The lowest BCUT2D eigenvalue weighted by molar-refractivity contribution is 0.458. The standard InChI is InChI=1S/C15H18N4O/c1-11(2)16-9-15-12(7-8-20-15)10-19-14-6-4-3-5-13(14)17-18-19/h3-8,11,16H,9-10H2,1-2H3. The zero-order valence-corrected chi connectivity index (χ0v) is 11.7. The molecule has 104 valence electrons. The second-order valence-corrected chi connectivity index (χ2v) is 5.14. The first-order chi connectivity index (χ1) is 9.74. The van der Waals surface area contributed by atoms with Crippen LogP contribution in [0.4, 0.5) is 0 Å². The van der Waals surface area contributed by atoms with Crippen LogP contribution in [0.25, 0.3) is 11.0 Å². The average Bonchev–Trinajstić information content (AvgIpc) is 3.05. The van der Waals surface area contributed by atoms with E-state index in [1.54, 1.807) is 6.26 Å². The van der Waals surface area contributed by atoms with E-state index in [4.69, 9.17) is 4.42 Å². The van der Waals surface area contributed by atoms with Crippen LogP contribution in [0.15, 0.2) is 41.0 Å². The predicted molar refractivity (Wildman–Crippen MR) is 77.3 cm³/mol. The summed E-state index contributed by atoms with van der Waals surface area (Å²) in [7, 11) is 0. The van der Waals surface area contributed by atoms with Crippen molar-refractivity contribution in [2.24, 2.45) is 0 Å². The highest BCUT2D eigenvalue weighted by Gasteiger charge is 2.10. The number of rotatable bonds is 5. The van der Waals surface area contributed by atoms with Gasteiger partial charge in [-0.05, 0) is 18.2 Å². The summed E-state index contributed by atoms with van der Waals surface area (Å²) < 4.78 is 7.45. The van der Waals surface area contributed by atoms with Gasteiger partial charge in [-0.1, -0.05) is 31.2 Å². The van der Waals surface area contributed by atoms with E-state index in [-0.39, 0.29) is 0 Å². The van der Waals surface area contributed by atoms with Crippen LogP contribution < -0.4 is 5.32 Å². The van der Waals surface area contributed by atoms with Gasteiger partial charge in [-0.15, -0.1) is 5.10 Å². The molecule has 3 aromatic rings. The molecule has 0 fully saturated rings. The van der Waals surface area contributed by atoms with Gasteiger partial charge in [-0.25, -0.2) is 4.68 Å². The molecule has 1 aromatic carbocycles. The molecule has 1 N–H and O–H groups in total. The van der Waals surface area contributed by atoms with Crippen molar-refractivity contribution in [2.45, 2.75) is 33.0 Å². The van der Waals surface area contributed by atoms with Crippen molar-refractivity contribution in [1.29, 1.82) is 0 Å². The lowest BCUT2D eigenvalue weighted by Gasteiger charge is -2.08. The van der Waals surface area contributed by atoms with Crippen LogP contribution >= 0.6 is 0 Å². The van der Waals surface area contributed by atoms with Gasteiger partial charge in [0, 0.05) is 11.6 Å². The van der Waals surface area contributed by atoms with Crippen molar-refractivity contribution >= 4 is 11.0 Å². The molecular weight excluding hydrogens is 252 g/mol. The third-order valence-electron chi connectivity index (χ3n) is 3.25. The van der Waals surface area contributed by atoms with E-state index in [0.29, 0.717) is 12.6 Å². The molecular formula is C15H18N4O. The summed E-state index contributed by atoms with van der Waals surface area (Å²) in [5, 5.41) is 11.7. The van der Waals surface area contributed by atoms with Crippen LogP contribution in [0.2, 0.25) is 0 Å². The molecule has 0 aliphatic heterocycles. The van der Waals surface area contributed by atoms with Gasteiger partial charge >= 0.3 is 0 Å². The van der Waals surface area contributed by atoms with E-state index in [2.05, 4.69) is 29.5 Å². The number of fused-ring (bicyclic) bond motifs is 1. The van der Waals surface area contributed by atoms with Crippen molar-refractivity contribution in [1.82, 2.24) is 20.3 Å². The molecule has 5 heteroatoms. The van der Waals surface area contributed by atoms with E-state index in [1.807, 2.05) is 35.0 Å². The third-order valence-corrected chi connectivity index (χ3v) is 3.25. The maximum Gasteiger partial charge on any atom is 0.122 e. The van der Waals surface area contributed by atoms with Crippen LogP contribution in [0.1, 0.15) is 25.2 Å². The lowest BCUT2D eigenvalue weighted by Crippen LogP contribution is -2.22. The first kappa shape index (κ1) is 12.9. The molecule has 5 nitrogen and oxygen atoms in total. The fourth-order valence-corrected chi connectivity index (χ4v) is 2.16.